The van der Waals surface area contributed by atoms with Crippen LogP contribution in [-0.4, -0.2) is 75.1 Å². The molecule has 2 atom stereocenters. The van der Waals surface area contributed by atoms with Crippen LogP contribution in [0.1, 0.15) is 49.8 Å². The molecule has 1 aromatic carbocycles. The Hall–Kier alpha value is -2.49. The van der Waals surface area contributed by atoms with E-state index in [-0.39, 0.29) is 23.7 Å². The molecule has 1 saturated heterocycles. The van der Waals surface area contributed by atoms with Gasteiger partial charge < -0.3 is 24.8 Å². The summed E-state index contributed by atoms with van der Waals surface area (Å²) in [5.41, 5.74) is 0.511. The van der Waals surface area contributed by atoms with Crippen LogP contribution in [-0.2, 0) is 17.9 Å². The number of hydrogen-bond donors (Lipinski definition) is 2. The van der Waals surface area contributed by atoms with Crippen molar-refractivity contribution in [1.29, 1.82) is 0 Å². The number of nitrogens with one attached hydrogen (secondary N) is 1. The van der Waals surface area contributed by atoms with Crippen molar-refractivity contribution in [1.82, 2.24) is 24.7 Å². The Morgan fingerprint density at radius 2 is 2.00 bits per heavy atom. The molecule has 0 spiro atoms. The molecule has 2 aliphatic heterocycles. The molecular formula is C25H33ClFN5O3. The minimum absolute atomic E-state index is 0.177. The number of likely N-dealkylation sites (tertiary alicyclic amines) is 1. The zero-order valence-corrected chi connectivity index (χ0v) is 21.4. The van der Waals surface area contributed by atoms with Crippen LogP contribution in [0.25, 0.3) is 11.4 Å². The third kappa shape index (κ3) is 5.37. The van der Waals surface area contributed by atoms with Crippen molar-refractivity contribution in [3.63, 3.8) is 0 Å². The maximum atomic E-state index is 14.8. The topological polar surface area (TPSA) is 90.7 Å². The summed E-state index contributed by atoms with van der Waals surface area (Å²) >= 11 is 6.15. The second kappa shape index (κ2) is 9.87. The third-order valence-corrected chi connectivity index (χ3v) is 6.90. The lowest BCUT2D eigenvalue weighted by Crippen LogP contribution is -2.54. The molecule has 1 aromatic heterocycles. The number of nitrogens with zero attached hydrogens (tertiary/aromatic N) is 4. The molecule has 35 heavy (non-hydrogen) atoms. The number of hydrogen-bond acceptors (Lipinski definition) is 5. The van der Waals surface area contributed by atoms with Gasteiger partial charge in [-0.3, -0.25) is 9.59 Å². The molecule has 1 fully saturated rings. The van der Waals surface area contributed by atoms with Gasteiger partial charge in [-0.25, -0.2) is 9.37 Å². The molecule has 2 amide bonds. The Labute approximate surface area is 210 Å². The van der Waals surface area contributed by atoms with E-state index < -0.39 is 29.3 Å². The zero-order valence-electron chi connectivity index (χ0n) is 20.6. The van der Waals surface area contributed by atoms with Crippen molar-refractivity contribution in [2.45, 2.75) is 58.8 Å². The van der Waals surface area contributed by atoms with E-state index in [0.29, 0.717) is 42.6 Å². The van der Waals surface area contributed by atoms with Crippen molar-refractivity contribution in [3.05, 3.63) is 40.4 Å². The molecule has 10 heteroatoms. The van der Waals surface area contributed by atoms with Crippen molar-refractivity contribution in [3.8, 4) is 11.4 Å². The maximum absolute atomic E-state index is 14.8. The summed E-state index contributed by atoms with van der Waals surface area (Å²) in [7, 11) is 1.96. The summed E-state index contributed by atoms with van der Waals surface area (Å²) in [6.45, 7) is 8.22. The number of carbonyl (C=O) groups excluding carboxylic acids is 2. The number of β-amino-alcohol motifs (C(OH)–C–C–N with tert-alkyl or cyclic N) is 1. The monoisotopic (exact) mass is 505 g/mol. The van der Waals surface area contributed by atoms with Gasteiger partial charge in [0.2, 0.25) is 5.91 Å². The number of fused-ring (bicyclic) bond motifs is 1. The normalized spacial score (nSPS) is 19.9. The highest BCUT2D eigenvalue weighted by molar-refractivity contribution is 6.30. The number of aliphatic hydroxyl groups excluding tert-OH is 1. The van der Waals surface area contributed by atoms with Gasteiger partial charge in [0.25, 0.3) is 5.91 Å². The minimum Gasteiger partial charge on any atom is -0.391 e. The van der Waals surface area contributed by atoms with E-state index in [0.717, 1.165) is 13.0 Å². The lowest BCUT2D eigenvalue weighted by atomic mass is 9.85. The van der Waals surface area contributed by atoms with E-state index in [1.54, 1.807) is 4.90 Å². The molecule has 0 aliphatic carbocycles. The second-order valence-corrected chi connectivity index (χ2v) is 11.0. The number of halogens is 2. The van der Waals surface area contributed by atoms with Crippen molar-refractivity contribution >= 4 is 23.4 Å². The number of aliphatic hydroxyl groups is 1. The van der Waals surface area contributed by atoms with Crippen LogP contribution in [0, 0.1) is 11.2 Å². The number of amides is 2. The molecule has 190 valence electrons. The van der Waals surface area contributed by atoms with E-state index in [4.69, 9.17) is 11.6 Å². The van der Waals surface area contributed by atoms with Gasteiger partial charge >= 0.3 is 0 Å². The average molecular weight is 506 g/mol. The summed E-state index contributed by atoms with van der Waals surface area (Å²) in [4.78, 5) is 35.2. The third-order valence-electron chi connectivity index (χ3n) is 6.66. The lowest BCUT2D eigenvalue weighted by molar-refractivity contribution is -0.135. The van der Waals surface area contributed by atoms with E-state index in [1.807, 2.05) is 32.4 Å². The highest BCUT2D eigenvalue weighted by Crippen LogP contribution is 2.30. The van der Waals surface area contributed by atoms with Crippen molar-refractivity contribution in [2.75, 3.05) is 26.7 Å². The van der Waals surface area contributed by atoms with Crippen LogP contribution in [0.4, 0.5) is 4.39 Å². The van der Waals surface area contributed by atoms with Crippen molar-refractivity contribution < 1.29 is 19.1 Å². The molecule has 2 N–H and O–H groups in total. The number of carbonyl (C=O) groups is 2. The second-order valence-electron chi connectivity index (χ2n) is 10.6. The van der Waals surface area contributed by atoms with Gasteiger partial charge in [0.1, 0.15) is 17.7 Å². The van der Waals surface area contributed by atoms with Crippen LogP contribution < -0.4 is 5.32 Å². The predicted octanol–water partition coefficient (Wildman–Crippen LogP) is 2.92. The lowest BCUT2D eigenvalue weighted by Gasteiger charge is -2.33. The Bertz CT molecular complexity index is 1130. The highest BCUT2D eigenvalue weighted by Gasteiger charge is 2.39. The molecule has 0 bridgehead atoms. The SMILES string of the molecule is CN1CCCn2c(-c3cc(Cl)ccc3F)nc(C(=O)N[C@H](C(=O)N3CC[C@@H](O)C3)C(C)(C)C)c2C1. The molecule has 8 nitrogen and oxygen atoms in total. The van der Waals surface area contributed by atoms with E-state index >= 15 is 0 Å². The first-order chi connectivity index (χ1) is 16.5. The van der Waals surface area contributed by atoms with Crippen LogP contribution in [0.15, 0.2) is 18.2 Å². The van der Waals surface area contributed by atoms with E-state index in [9.17, 15) is 19.1 Å². The predicted molar refractivity (Wildman–Crippen MR) is 131 cm³/mol. The van der Waals surface area contributed by atoms with Crippen LogP contribution in [0.2, 0.25) is 5.02 Å². The van der Waals surface area contributed by atoms with Gasteiger partial charge in [-0.15, -0.1) is 0 Å². The molecular weight excluding hydrogens is 473 g/mol. The number of rotatable bonds is 4. The smallest absolute Gasteiger partial charge is 0.272 e. The van der Waals surface area contributed by atoms with Gasteiger partial charge in [-0.1, -0.05) is 32.4 Å². The summed E-state index contributed by atoms with van der Waals surface area (Å²) < 4.78 is 16.7. The first kappa shape index (κ1) is 25.6. The van der Waals surface area contributed by atoms with Crippen LogP contribution in [0.5, 0.6) is 0 Å². The largest absolute Gasteiger partial charge is 0.391 e. The minimum atomic E-state index is -0.812. The summed E-state index contributed by atoms with van der Waals surface area (Å²) in [5, 5.41) is 13.2. The molecule has 2 aromatic rings. The number of aromatic nitrogens is 2. The van der Waals surface area contributed by atoms with Gasteiger partial charge in [0, 0.05) is 31.2 Å². The van der Waals surface area contributed by atoms with Crippen molar-refractivity contribution in [2.24, 2.45) is 5.41 Å². The standard InChI is InChI=1S/C25H33ClFN5O3/c1-25(2,3)21(24(35)31-11-8-16(33)13-31)29-23(34)20-19-14-30(4)9-5-10-32(19)22(28-20)17-12-15(26)6-7-18(17)27/h6-7,12,16,21,33H,5,8-11,13-14H2,1-4H3,(H,29,34)/t16-,21-/m1/s1. The molecule has 0 radical (unpaired) electrons. The molecule has 3 heterocycles. The first-order valence-corrected chi connectivity index (χ1v) is 12.3. The van der Waals surface area contributed by atoms with Crippen LogP contribution >= 0.6 is 11.6 Å². The molecule has 0 saturated carbocycles. The molecule has 0 unspecified atom stereocenters. The zero-order chi connectivity index (χ0) is 25.5. The Kier molecular flexibility index (Phi) is 7.22. The molecule has 4 rings (SSSR count). The van der Waals surface area contributed by atoms with Gasteiger partial charge in [-0.05, 0) is 50.0 Å². The summed E-state index contributed by atoms with van der Waals surface area (Å²) in [6, 6.07) is 3.47. The fraction of sp³-hybridized carbons (Fsp3) is 0.560. The van der Waals surface area contributed by atoms with Gasteiger partial charge in [-0.2, -0.15) is 0 Å². The Morgan fingerprint density at radius 1 is 1.26 bits per heavy atom. The van der Waals surface area contributed by atoms with Gasteiger partial charge in [0.15, 0.2) is 5.69 Å². The first-order valence-electron chi connectivity index (χ1n) is 12.0. The summed E-state index contributed by atoms with van der Waals surface area (Å²) in [5.74, 6) is -0.833. The maximum Gasteiger partial charge on any atom is 0.272 e. The Morgan fingerprint density at radius 3 is 2.66 bits per heavy atom. The summed E-state index contributed by atoms with van der Waals surface area (Å²) in [6.07, 6.45) is 0.785. The quantitative estimate of drug-likeness (QED) is 0.666. The average Bonchev–Trinajstić information content (AvgIpc) is 3.31. The van der Waals surface area contributed by atoms with E-state index in [1.165, 1.54) is 18.2 Å². The molecule has 2 aliphatic rings. The highest BCUT2D eigenvalue weighted by atomic mass is 35.5. The fourth-order valence-electron chi connectivity index (χ4n) is 4.75. The van der Waals surface area contributed by atoms with Gasteiger partial charge in [0.05, 0.1) is 17.4 Å². The van der Waals surface area contributed by atoms with Crippen LogP contribution in [0.3, 0.4) is 0 Å². The van der Waals surface area contributed by atoms with E-state index in [2.05, 4.69) is 15.2 Å². The fourth-order valence-corrected chi connectivity index (χ4v) is 4.92. The number of imidazole rings is 1. The Balaban J connectivity index is 1.72. The number of benzene rings is 1.